The van der Waals surface area contributed by atoms with Gasteiger partial charge < -0.3 is 0 Å². The van der Waals surface area contributed by atoms with Crippen molar-refractivity contribution in [2.45, 2.75) is 0 Å². The molecule has 0 unspecified atom stereocenters. The summed E-state index contributed by atoms with van der Waals surface area (Å²) in [7, 11) is 0. The Morgan fingerprint density at radius 3 is 2.83 bits per heavy atom. The van der Waals surface area contributed by atoms with Crippen LogP contribution in [0.2, 0.25) is 0 Å². The number of hydrazine groups is 1. The van der Waals surface area contributed by atoms with Crippen LogP contribution >= 0.6 is 0 Å². The monoisotopic (exact) mass is 83.0 g/mol. The van der Waals surface area contributed by atoms with Crippen molar-refractivity contribution in [2.75, 3.05) is 0 Å². The Morgan fingerprint density at radius 1 is 1.83 bits per heavy atom. The average molecular weight is 83.1 g/mol. The zero-order valence-corrected chi connectivity index (χ0v) is 3.23. The predicted octanol–water partition coefficient (Wildman–Crippen LogP) is -0.406. The molecule has 32 valence electrons. The summed E-state index contributed by atoms with van der Waals surface area (Å²) < 4.78 is 0. The minimum absolute atomic E-state index is 0.662. The molecule has 0 aromatic carbocycles. The molecule has 0 aliphatic carbocycles. The fraction of sp³-hybridized carbons (Fsp3) is 0. The van der Waals surface area contributed by atoms with Crippen LogP contribution in [0.5, 0.6) is 0 Å². The fourth-order valence-corrected chi connectivity index (χ4v) is 0.258. The molecule has 0 saturated carbocycles. The van der Waals surface area contributed by atoms with Gasteiger partial charge in [0.05, 0.1) is 0 Å². The smallest absolute Gasteiger partial charge is 0.138 e. The number of nitrogens with zero attached hydrogens (tertiary/aromatic N) is 1. The Kier molecular flexibility index (Phi) is 0.538. The first-order chi connectivity index (χ1) is 2.89. The Balaban J connectivity index is 2.59. The molecule has 0 fully saturated rings. The van der Waals surface area contributed by atoms with E-state index in [2.05, 4.69) is 22.4 Å². The van der Waals surface area contributed by atoms with Crippen molar-refractivity contribution < 1.29 is 0 Å². The molecule has 0 saturated heterocycles. The van der Waals surface area contributed by atoms with Crippen molar-refractivity contribution in [1.82, 2.24) is 10.9 Å². The van der Waals surface area contributed by atoms with E-state index in [0.29, 0.717) is 5.82 Å². The molecule has 6 heavy (non-hydrogen) atoms. The summed E-state index contributed by atoms with van der Waals surface area (Å²) in [6.07, 6.45) is 1.54. The van der Waals surface area contributed by atoms with Crippen LogP contribution in [0.1, 0.15) is 0 Å². The van der Waals surface area contributed by atoms with Crippen molar-refractivity contribution in [3.8, 4) is 0 Å². The second kappa shape index (κ2) is 1.01. The topological polar surface area (TPSA) is 36.4 Å². The van der Waals surface area contributed by atoms with Crippen LogP contribution in [0.15, 0.2) is 17.4 Å². The highest BCUT2D eigenvalue weighted by molar-refractivity contribution is 5.58. The average Bonchev–Trinajstić information content (AvgIpc) is 1.86. The van der Waals surface area contributed by atoms with Crippen LogP contribution in [0, 0.1) is 0 Å². The van der Waals surface area contributed by atoms with Gasteiger partial charge in [0.25, 0.3) is 0 Å². The van der Waals surface area contributed by atoms with E-state index >= 15 is 0 Å². The number of rotatable bonds is 0. The highest BCUT2D eigenvalue weighted by Gasteiger charge is 1.87. The van der Waals surface area contributed by atoms with Crippen molar-refractivity contribution >= 4 is 6.34 Å². The SMILES string of the molecule is C=C1N=CNN1. The van der Waals surface area contributed by atoms with Crippen molar-refractivity contribution in [2.24, 2.45) is 4.99 Å². The summed E-state index contributed by atoms with van der Waals surface area (Å²) in [5.41, 5.74) is 5.28. The fourth-order valence-electron chi connectivity index (χ4n) is 0.258. The van der Waals surface area contributed by atoms with E-state index in [1.54, 1.807) is 6.34 Å². The molecule has 0 aromatic heterocycles. The molecule has 0 bridgehead atoms. The van der Waals surface area contributed by atoms with Crippen molar-refractivity contribution in [3.05, 3.63) is 12.4 Å². The van der Waals surface area contributed by atoms with Gasteiger partial charge in [-0.05, 0) is 0 Å². The normalized spacial score (nSPS) is 17.0. The van der Waals surface area contributed by atoms with Gasteiger partial charge in [-0.25, -0.2) is 4.99 Å². The Labute approximate surface area is 35.7 Å². The molecule has 0 spiro atoms. The third-order valence-corrected chi connectivity index (χ3v) is 0.501. The van der Waals surface area contributed by atoms with E-state index < -0.39 is 0 Å². The highest BCUT2D eigenvalue weighted by atomic mass is 15.4. The maximum Gasteiger partial charge on any atom is 0.138 e. The molecule has 1 rings (SSSR count). The molecule has 1 aliphatic heterocycles. The molecule has 2 N–H and O–H groups in total. The van der Waals surface area contributed by atoms with Gasteiger partial charge in [-0.3, -0.25) is 10.9 Å². The maximum absolute atomic E-state index is 3.69. The maximum atomic E-state index is 3.69. The van der Waals surface area contributed by atoms with Crippen LogP contribution in [-0.2, 0) is 0 Å². The molecule has 1 heterocycles. The summed E-state index contributed by atoms with van der Waals surface area (Å²) in [4.78, 5) is 3.69. The van der Waals surface area contributed by atoms with Crippen LogP contribution < -0.4 is 10.9 Å². The zero-order valence-electron chi connectivity index (χ0n) is 3.23. The van der Waals surface area contributed by atoms with Crippen LogP contribution in [0.3, 0.4) is 0 Å². The van der Waals surface area contributed by atoms with Gasteiger partial charge in [-0.2, -0.15) is 0 Å². The van der Waals surface area contributed by atoms with Crippen molar-refractivity contribution in [3.63, 3.8) is 0 Å². The second-order valence-electron chi connectivity index (χ2n) is 0.974. The molecule has 1 aliphatic rings. The Hall–Kier alpha value is -0.990. The highest BCUT2D eigenvalue weighted by Crippen LogP contribution is 1.82. The van der Waals surface area contributed by atoms with Gasteiger partial charge in [0.2, 0.25) is 0 Å². The third kappa shape index (κ3) is 0.337. The number of hydrogen-bond donors (Lipinski definition) is 2. The summed E-state index contributed by atoms with van der Waals surface area (Å²) >= 11 is 0. The van der Waals surface area contributed by atoms with E-state index in [0.717, 1.165) is 0 Å². The van der Waals surface area contributed by atoms with Crippen LogP contribution in [0.4, 0.5) is 0 Å². The molecule has 0 radical (unpaired) electrons. The summed E-state index contributed by atoms with van der Waals surface area (Å²) in [5.74, 6) is 0.662. The Bertz CT molecular complexity index is 94.2. The third-order valence-electron chi connectivity index (χ3n) is 0.501. The van der Waals surface area contributed by atoms with E-state index in [1.807, 2.05) is 0 Å². The Morgan fingerprint density at radius 2 is 2.67 bits per heavy atom. The van der Waals surface area contributed by atoms with Gasteiger partial charge in [0.1, 0.15) is 12.2 Å². The second-order valence-corrected chi connectivity index (χ2v) is 0.974. The number of aliphatic imine (C=N–C) groups is 1. The number of nitrogens with one attached hydrogen (secondary N) is 2. The molecular formula is C3H5N3. The van der Waals surface area contributed by atoms with E-state index in [1.165, 1.54) is 0 Å². The first-order valence-corrected chi connectivity index (χ1v) is 1.62. The van der Waals surface area contributed by atoms with Gasteiger partial charge in [-0.1, -0.05) is 6.58 Å². The zero-order chi connectivity index (χ0) is 4.41. The van der Waals surface area contributed by atoms with Gasteiger partial charge in [0.15, 0.2) is 0 Å². The molecule has 0 atom stereocenters. The van der Waals surface area contributed by atoms with Crippen LogP contribution in [-0.4, -0.2) is 6.34 Å². The lowest BCUT2D eigenvalue weighted by atomic mass is 10.9. The standard InChI is InChI=1S/C3H5N3/c1-3-4-2-5-6-3/h2,6H,1H2,(H,4,5). The number of hydrogen-bond acceptors (Lipinski definition) is 3. The van der Waals surface area contributed by atoms with Gasteiger partial charge >= 0.3 is 0 Å². The molecule has 3 nitrogen and oxygen atoms in total. The lowest BCUT2D eigenvalue weighted by Crippen LogP contribution is -2.20. The minimum Gasteiger partial charge on any atom is -0.289 e. The van der Waals surface area contributed by atoms with Crippen molar-refractivity contribution in [1.29, 1.82) is 0 Å². The summed E-state index contributed by atoms with van der Waals surface area (Å²) in [6, 6.07) is 0. The predicted molar refractivity (Wildman–Crippen MR) is 23.9 cm³/mol. The first-order valence-electron chi connectivity index (χ1n) is 1.62. The van der Waals surface area contributed by atoms with E-state index in [9.17, 15) is 0 Å². The van der Waals surface area contributed by atoms with Crippen LogP contribution in [0.25, 0.3) is 0 Å². The lowest BCUT2D eigenvalue weighted by Gasteiger charge is -1.87. The van der Waals surface area contributed by atoms with Gasteiger partial charge in [-0.15, -0.1) is 0 Å². The largest absolute Gasteiger partial charge is 0.289 e. The van der Waals surface area contributed by atoms with E-state index in [4.69, 9.17) is 0 Å². The van der Waals surface area contributed by atoms with E-state index in [-0.39, 0.29) is 0 Å². The summed E-state index contributed by atoms with van der Waals surface area (Å²) in [5, 5.41) is 0. The quantitative estimate of drug-likeness (QED) is 0.418. The lowest BCUT2D eigenvalue weighted by molar-refractivity contribution is 0.820. The minimum atomic E-state index is 0.662. The molecular weight excluding hydrogens is 78.1 g/mol. The first kappa shape index (κ1) is 3.21. The molecule has 0 amide bonds. The summed E-state index contributed by atoms with van der Waals surface area (Å²) in [6.45, 7) is 3.48. The molecule has 3 heteroatoms. The molecule has 0 aromatic rings. The van der Waals surface area contributed by atoms with Gasteiger partial charge in [0, 0.05) is 0 Å².